The quantitative estimate of drug-likeness (QED) is 0.546. The van der Waals surface area contributed by atoms with Gasteiger partial charge in [0.1, 0.15) is 0 Å². The van der Waals surface area contributed by atoms with Crippen LogP contribution in [0.2, 0.25) is 0 Å². The Bertz CT molecular complexity index is 318. The van der Waals surface area contributed by atoms with E-state index in [1.54, 1.807) is 6.07 Å². The van der Waals surface area contributed by atoms with Gasteiger partial charge in [-0.25, -0.2) is 4.98 Å². The fraction of sp³-hybridized carbons (Fsp3) is 0.143. The van der Waals surface area contributed by atoms with Gasteiger partial charge in [0, 0.05) is 4.47 Å². The van der Waals surface area contributed by atoms with E-state index in [0.717, 1.165) is 10.2 Å². The number of nitrogens with zero attached hydrogens (tertiary/aromatic N) is 2. The average Bonchev–Trinajstić information content (AvgIpc) is 1.98. The lowest BCUT2D eigenvalue weighted by atomic mass is 10.4. The van der Waals surface area contributed by atoms with Gasteiger partial charge in [0.15, 0.2) is 5.82 Å². The predicted molar refractivity (Wildman–Crippen MR) is 51.4 cm³/mol. The van der Waals surface area contributed by atoms with Gasteiger partial charge in [0.05, 0.1) is 10.9 Å². The summed E-state index contributed by atoms with van der Waals surface area (Å²) in [6, 6.07) is 3.66. The summed E-state index contributed by atoms with van der Waals surface area (Å²) in [7, 11) is 0. The van der Waals surface area contributed by atoms with Gasteiger partial charge in [-0.3, -0.25) is 0 Å². The van der Waals surface area contributed by atoms with Crippen molar-refractivity contribution in [1.82, 2.24) is 4.98 Å². The number of pyridine rings is 1. The van der Waals surface area contributed by atoms with E-state index >= 15 is 0 Å². The molecule has 0 aliphatic rings. The Hall–Kier alpha value is -0.570. The van der Waals surface area contributed by atoms with E-state index in [4.69, 9.17) is 0 Å². The molecule has 1 aromatic heterocycles. The molecule has 0 amide bonds. The summed E-state index contributed by atoms with van der Waals surface area (Å²) in [5.41, 5.74) is 0.900. The van der Waals surface area contributed by atoms with Crippen LogP contribution in [-0.2, 0) is 0 Å². The van der Waals surface area contributed by atoms with Crippen LogP contribution in [0.5, 0.6) is 0 Å². The summed E-state index contributed by atoms with van der Waals surface area (Å²) >= 11 is 7.77. The molecule has 0 aromatic carbocycles. The molecule has 1 heterocycles. The van der Waals surface area contributed by atoms with Crippen molar-refractivity contribution in [2.75, 3.05) is 0 Å². The maximum Gasteiger partial charge on any atom is 0.162 e. The van der Waals surface area contributed by atoms with Crippen LogP contribution in [0.1, 0.15) is 5.69 Å². The van der Waals surface area contributed by atoms with Gasteiger partial charge in [-0.1, -0.05) is 0 Å². The molecule has 0 aliphatic heterocycles. The first kappa shape index (κ1) is 8.53. The summed E-state index contributed by atoms with van der Waals surface area (Å²) in [5.74, 6) is 0.598. The van der Waals surface area contributed by atoms with Gasteiger partial charge in [-0.15, -0.1) is 0 Å². The summed E-state index contributed by atoms with van der Waals surface area (Å²) in [6.45, 7) is 1.90. The lowest BCUT2D eigenvalue weighted by molar-refractivity contribution is 1.16. The van der Waals surface area contributed by atoms with Crippen LogP contribution < -0.4 is 0 Å². The summed E-state index contributed by atoms with van der Waals surface area (Å²) < 4.78 is 0.973. The van der Waals surface area contributed by atoms with E-state index in [2.05, 4.69) is 43.3 Å². The molecule has 4 heteroatoms. The Morgan fingerprint density at radius 2 is 2.36 bits per heavy atom. The Kier molecular flexibility index (Phi) is 2.88. The van der Waals surface area contributed by atoms with E-state index in [0.29, 0.717) is 5.82 Å². The zero-order valence-electron chi connectivity index (χ0n) is 5.84. The second-order valence-electron chi connectivity index (χ2n) is 1.94. The first-order valence-electron chi connectivity index (χ1n) is 2.95. The number of hydrogen-bond donors (Lipinski definition) is 0. The maximum atomic E-state index is 4.44. The zero-order valence-corrected chi connectivity index (χ0v) is 8.24. The summed E-state index contributed by atoms with van der Waals surface area (Å²) in [4.78, 5) is 7.86. The summed E-state index contributed by atoms with van der Waals surface area (Å²) in [5, 5.41) is 2.26. The molecule has 0 N–H and O–H groups in total. The highest BCUT2D eigenvalue weighted by molar-refractivity contribution is 9.10. The number of aromatic nitrogens is 1. The minimum atomic E-state index is 0.598. The van der Waals surface area contributed by atoms with Gasteiger partial charge >= 0.3 is 0 Å². The standard InChI is InChI=1S/C7H5BrN2S/c1-5-6(8)2-3-7(10-5)9-4-11/h2-3H,1H3. The zero-order chi connectivity index (χ0) is 8.27. The number of isothiocyanates is 1. The van der Waals surface area contributed by atoms with Crippen molar-refractivity contribution in [1.29, 1.82) is 0 Å². The van der Waals surface area contributed by atoms with Crippen LogP contribution in [0.4, 0.5) is 5.82 Å². The van der Waals surface area contributed by atoms with Crippen molar-refractivity contribution in [3.05, 3.63) is 22.3 Å². The molecule has 0 fully saturated rings. The van der Waals surface area contributed by atoms with Crippen molar-refractivity contribution < 1.29 is 0 Å². The third-order valence-electron chi connectivity index (χ3n) is 1.17. The van der Waals surface area contributed by atoms with Crippen LogP contribution in [0.3, 0.4) is 0 Å². The van der Waals surface area contributed by atoms with Crippen LogP contribution in [0.15, 0.2) is 21.6 Å². The molecule has 0 saturated carbocycles. The highest BCUT2D eigenvalue weighted by atomic mass is 79.9. The molecule has 0 spiro atoms. The molecular weight excluding hydrogens is 224 g/mol. The first-order chi connectivity index (χ1) is 5.24. The molecule has 0 bridgehead atoms. The predicted octanol–water partition coefficient (Wildman–Crippen LogP) is 2.89. The number of thiocarbonyl (C=S) groups is 1. The number of halogens is 1. The highest BCUT2D eigenvalue weighted by Gasteiger charge is 1.95. The topological polar surface area (TPSA) is 25.2 Å². The second kappa shape index (κ2) is 3.72. The highest BCUT2D eigenvalue weighted by Crippen LogP contribution is 2.17. The molecular formula is C7H5BrN2S. The van der Waals surface area contributed by atoms with Crippen molar-refractivity contribution in [2.24, 2.45) is 4.99 Å². The Morgan fingerprint density at radius 3 is 2.91 bits per heavy atom. The van der Waals surface area contributed by atoms with Gasteiger partial charge < -0.3 is 0 Å². The molecule has 1 rings (SSSR count). The second-order valence-corrected chi connectivity index (χ2v) is 2.98. The number of hydrogen-bond acceptors (Lipinski definition) is 3. The normalized spacial score (nSPS) is 8.91. The number of aryl methyl sites for hydroxylation is 1. The van der Waals surface area contributed by atoms with Gasteiger partial charge in [-0.05, 0) is 47.2 Å². The van der Waals surface area contributed by atoms with Crippen LogP contribution in [-0.4, -0.2) is 10.1 Å². The lowest BCUT2D eigenvalue weighted by Crippen LogP contribution is -1.81. The molecule has 0 radical (unpaired) electrons. The minimum Gasteiger partial charge on any atom is -0.232 e. The van der Waals surface area contributed by atoms with Crippen molar-refractivity contribution in [3.8, 4) is 0 Å². The van der Waals surface area contributed by atoms with E-state index in [1.807, 2.05) is 13.0 Å². The van der Waals surface area contributed by atoms with Gasteiger partial charge in [0.25, 0.3) is 0 Å². The lowest BCUT2D eigenvalue weighted by Gasteiger charge is -1.95. The SMILES string of the molecule is Cc1nc(N=C=S)ccc1Br. The summed E-state index contributed by atoms with van der Waals surface area (Å²) in [6.07, 6.45) is 0. The fourth-order valence-electron chi connectivity index (χ4n) is 0.640. The first-order valence-corrected chi connectivity index (χ1v) is 4.15. The van der Waals surface area contributed by atoms with E-state index in [1.165, 1.54) is 0 Å². The molecule has 1 aromatic rings. The van der Waals surface area contributed by atoms with Crippen molar-refractivity contribution in [3.63, 3.8) is 0 Å². The van der Waals surface area contributed by atoms with Crippen LogP contribution in [0.25, 0.3) is 0 Å². The number of rotatable bonds is 1. The Morgan fingerprint density at radius 1 is 1.64 bits per heavy atom. The smallest absolute Gasteiger partial charge is 0.162 e. The molecule has 0 saturated heterocycles. The van der Waals surface area contributed by atoms with Crippen molar-refractivity contribution in [2.45, 2.75) is 6.92 Å². The van der Waals surface area contributed by atoms with E-state index in [-0.39, 0.29) is 0 Å². The average molecular weight is 229 g/mol. The molecule has 56 valence electrons. The third kappa shape index (κ3) is 2.19. The molecule has 11 heavy (non-hydrogen) atoms. The largest absolute Gasteiger partial charge is 0.232 e. The molecule has 0 unspecified atom stereocenters. The third-order valence-corrected chi connectivity index (χ3v) is 2.10. The van der Waals surface area contributed by atoms with Crippen LogP contribution >= 0.6 is 28.1 Å². The van der Waals surface area contributed by atoms with Gasteiger partial charge in [-0.2, -0.15) is 4.99 Å². The Balaban J connectivity index is 3.14. The number of aliphatic imine (C=N–C) groups is 1. The molecule has 0 atom stereocenters. The van der Waals surface area contributed by atoms with Gasteiger partial charge in [0.2, 0.25) is 0 Å². The fourth-order valence-corrected chi connectivity index (χ4v) is 0.954. The molecule has 0 aliphatic carbocycles. The van der Waals surface area contributed by atoms with Crippen LogP contribution in [0, 0.1) is 6.92 Å². The monoisotopic (exact) mass is 228 g/mol. The van der Waals surface area contributed by atoms with E-state index < -0.39 is 0 Å². The Labute approximate surface area is 78.5 Å². The van der Waals surface area contributed by atoms with Crippen molar-refractivity contribution >= 4 is 39.1 Å². The molecule has 2 nitrogen and oxygen atoms in total. The van der Waals surface area contributed by atoms with E-state index in [9.17, 15) is 0 Å². The minimum absolute atomic E-state index is 0.598. The maximum absolute atomic E-state index is 4.44.